The van der Waals surface area contributed by atoms with E-state index in [4.69, 9.17) is 9.47 Å². The van der Waals surface area contributed by atoms with Crippen molar-refractivity contribution in [3.8, 4) is 11.5 Å². The molecular formula is C19H23N3O7S. The van der Waals surface area contributed by atoms with Gasteiger partial charge in [0.2, 0.25) is 12.7 Å². The zero-order valence-electron chi connectivity index (χ0n) is 16.7. The summed E-state index contributed by atoms with van der Waals surface area (Å²) >= 11 is 0. The van der Waals surface area contributed by atoms with E-state index in [1.54, 1.807) is 32.0 Å². The van der Waals surface area contributed by atoms with Gasteiger partial charge in [-0.2, -0.15) is 0 Å². The standard InChI is InChI=1S/C19H23N3O7S/c1-3-21(13-6-7-30(26,27)10-13)16(23)9-22-17(24)19(2,20-18(22)25)12-4-5-14-15(8-12)29-11-28-14/h4-5,8,13H,3,6-7,9-11H2,1-2H3,(H,20,25)/t13-,19-/m1/s1. The zero-order chi connectivity index (χ0) is 21.7. The average molecular weight is 437 g/mol. The van der Waals surface area contributed by atoms with Crippen LogP contribution in [0.25, 0.3) is 0 Å². The predicted octanol–water partition coefficient (Wildman–Crippen LogP) is 0.218. The Balaban J connectivity index is 1.52. The molecule has 4 amide bonds. The number of amides is 4. The van der Waals surface area contributed by atoms with Gasteiger partial charge in [-0.05, 0) is 38.0 Å². The molecule has 2 fully saturated rings. The van der Waals surface area contributed by atoms with E-state index in [0.29, 0.717) is 30.0 Å². The second-order valence-corrected chi connectivity index (χ2v) is 9.98. The molecular weight excluding hydrogens is 414 g/mol. The summed E-state index contributed by atoms with van der Waals surface area (Å²) < 4.78 is 34.2. The lowest BCUT2D eigenvalue weighted by Gasteiger charge is -2.28. The van der Waals surface area contributed by atoms with Gasteiger partial charge in [0, 0.05) is 12.6 Å². The first-order valence-corrected chi connectivity index (χ1v) is 11.5. The molecule has 4 rings (SSSR count). The minimum absolute atomic E-state index is 0.0345. The Morgan fingerprint density at radius 1 is 1.30 bits per heavy atom. The summed E-state index contributed by atoms with van der Waals surface area (Å²) in [5, 5.41) is 2.66. The van der Waals surface area contributed by atoms with E-state index in [1.165, 1.54) is 4.90 Å². The van der Waals surface area contributed by atoms with Crippen LogP contribution in [0.1, 0.15) is 25.8 Å². The smallest absolute Gasteiger partial charge is 0.325 e. The Bertz CT molecular complexity index is 1020. The molecule has 0 aliphatic carbocycles. The van der Waals surface area contributed by atoms with Crippen LogP contribution in [-0.2, 0) is 25.0 Å². The lowest BCUT2D eigenvalue weighted by Crippen LogP contribution is -2.48. The molecule has 3 aliphatic heterocycles. The Kier molecular flexibility index (Phi) is 4.88. The molecule has 1 aromatic rings. The molecule has 162 valence electrons. The second-order valence-electron chi connectivity index (χ2n) is 7.75. The average Bonchev–Trinajstić information content (AvgIpc) is 3.35. The molecule has 0 aromatic heterocycles. The van der Waals surface area contributed by atoms with E-state index >= 15 is 0 Å². The van der Waals surface area contributed by atoms with Crippen LogP contribution in [0.4, 0.5) is 4.79 Å². The van der Waals surface area contributed by atoms with Crippen LogP contribution in [0.15, 0.2) is 18.2 Å². The summed E-state index contributed by atoms with van der Waals surface area (Å²) in [5.41, 5.74) is -0.846. The van der Waals surface area contributed by atoms with Gasteiger partial charge in [0.25, 0.3) is 5.91 Å². The monoisotopic (exact) mass is 437 g/mol. The Morgan fingerprint density at radius 3 is 2.70 bits per heavy atom. The second kappa shape index (κ2) is 7.15. The number of sulfone groups is 1. The van der Waals surface area contributed by atoms with E-state index in [-0.39, 0.29) is 18.3 Å². The molecule has 0 radical (unpaired) electrons. The third-order valence-electron chi connectivity index (χ3n) is 5.83. The number of carbonyl (C=O) groups excluding carboxylic acids is 3. The summed E-state index contributed by atoms with van der Waals surface area (Å²) in [4.78, 5) is 40.8. The van der Waals surface area contributed by atoms with Crippen LogP contribution in [0, 0.1) is 0 Å². The number of fused-ring (bicyclic) bond motifs is 1. The molecule has 11 heteroatoms. The van der Waals surface area contributed by atoms with Crippen molar-refractivity contribution < 1.29 is 32.3 Å². The number of hydrogen-bond acceptors (Lipinski definition) is 7. The maximum absolute atomic E-state index is 13.1. The minimum Gasteiger partial charge on any atom is -0.454 e. The van der Waals surface area contributed by atoms with Gasteiger partial charge in [-0.25, -0.2) is 13.2 Å². The zero-order valence-corrected chi connectivity index (χ0v) is 17.5. The van der Waals surface area contributed by atoms with E-state index in [1.807, 2.05) is 0 Å². The number of urea groups is 1. The Morgan fingerprint density at radius 2 is 2.03 bits per heavy atom. The number of carbonyl (C=O) groups is 3. The molecule has 0 spiro atoms. The molecule has 0 bridgehead atoms. The normalized spacial score (nSPS) is 26.7. The molecule has 2 atom stereocenters. The van der Waals surface area contributed by atoms with Crippen molar-refractivity contribution in [3.05, 3.63) is 23.8 Å². The van der Waals surface area contributed by atoms with Crippen LogP contribution in [0.2, 0.25) is 0 Å². The highest BCUT2D eigenvalue weighted by atomic mass is 32.2. The van der Waals surface area contributed by atoms with E-state index in [2.05, 4.69) is 5.32 Å². The number of imide groups is 1. The maximum Gasteiger partial charge on any atom is 0.325 e. The lowest BCUT2D eigenvalue weighted by atomic mass is 9.91. The number of ether oxygens (including phenoxy) is 2. The van der Waals surface area contributed by atoms with Crippen molar-refractivity contribution in [1.29, 1.82) is 0 Å². The maximum atomic E-state index is 13.1. The molecule has 1 aromatic carbocycles. The number of rotatable bonds is 5. The van der Waals surface area contributed by atoms with Gasteiger partial charge < -0.3 is 19.7 Å². The molecule has 10 nitrogen and oxygen atoms in total. The van der Waals surface area contributed by atoms with Gasteiger partial charge in [0.15, 0.2) is 21.3 Å². The summed E-state index contributed by atoms with van der Waals surface area (Å²) in [6.07, 6.45) is 0.358. The lowest BCUT2D eigenvalue weighted by molar-refractivity contribution is -0.139. The molecule has 3 aliphatic rings. The van der Waals surface area contributed by atoms with Crippen molar-refractivity contribution in [2.75, 3.05) is 31.4 Å². The van der Waals surface area contributed by atoms with Crippen molar-refractivity contribution in [2.24, 2.45) is 0 Å². The molecule has 0 saturated carbocycles. The third kappa shape index (κ3) is 3.36. The van der Waals surface area contributed by atoms with Crippen molar-refractivity contribution in [3.63, 3.8) is 0 Å². The first-order valence-electron chi connectivity index (χ1n) is 9.69. The molecule has 2 saturated heterocycles. The van der Waals surface area contributed by atoms with Crippen molar-refractivity contribution in [2.45, 2.75) is 31.8 Å². The Hall–Kier alpha value is -2.82. The molecule has 30 heavy (non-hydrogen) atoms. The van der Waals surface area contributed by atoms with E-state index in [9.17, 15) is 22.8 Å². The molecule has 1 N–H and O–H groups in total. The minimum atomic E-state index is -3.17. The van der Waals surface area contributed by atoms with E-state index < -0.39 is 45.8 Å². The van der Waals surface area contributed by atoms with Crippen LogP contribution in [-0.4, -0.2) is 73.5 Å². The summed E-state index contributed by atoms with van der Waals surface area (Å²) in [6, 6.07) is 3.85. The SMILES string of the molecule is CCN(C(=O)CN1C(=O)N[C@](C)(c2ccc3c(c2)OCO3)C1=O)[C@@H]1CCS(=O)(=O)C1. The first-order chi connectivity index (χ1) is 14.1. The van der Waals surface area contributed by atoms with Crippen molar-refractivity contribution in [1.82, 2.24) is 15.1 Å². The highest BCUT2D eigenvalue weighted by Gasteiger charge is 2.50. The van der Waals surface area contributed by atoms with Gasteiger partial charge in [-0.3, -0.25) is 14.5 Å². The largest absolute Gasteiger partial charge is 0.454 e. The fourth-order valence-corrected chi connectivity index (χ4v) is 5.86. The summed E-state index contributed by atoms with van der Waals surface area (Å²) in [6.45, 7) is 3.24. The highest BCUT2D eigenvalue weighted by molar-refractivity contribution is 7.91. The molecule has 0 unspecified atom stereocenters. The fourth-order valence-electron chi connectivity index (χ4n) is 4.13. The number of hydrogen-bond donors (Lipinski definition) is 1. The Labute approximate surface area is 174 Å². The first kappa shape index (κ1) is 20.5. The topological polar surface area (TPSA) is 122 Å². The van der Waals surface area contributed by atoms with Gasteiger partial charge in [0.05, 0.1) is 11.5 Å². The van der Waals surface area contributed by atoms with Gasteiger partial charge >= 0.3 is 6.03 Å². The van der Waals surface area contributed by atoms with Crippen LogP contribution in [0.5, 0.6) is 11.5 Å². The number of likely N-dealkylation sites (N-methyl/N-ethyl adjacent to an activating group) is 1. The fraction of sp³-hybridized carbons (Fsp3) is 0.526. The van der Waals surface area contributed by atoms with Crippen LogP contribution < -0.4 is 14.8 Å². The quantitative estimate of drug-likeness (QED) is 0.654. The number of nitrogens with one attached hydrogen (secondary N) is 1. The highest BCUT2D eigenvalue weighted by Crippen LogP contribution is 2.37. The number of benzene rings is 1. The third-order valence-corrected chi connectivity index (χ3v) is 7.58. The van der Waals surface area contributed by atoms with Gasteiger partial charge in [-0.15, -0.1) is 0 Å². The number of nitrogens with zero attached hydrogens (tertiary/aromatic N) is 2. The van der Waals surface area contributed by atoms with Crippen molar-refractivity contribution >= 4 is 27.7 Å². The predicted molar refractivity (Wildman–Crippen MR) is 105 cm³/mol. The summed E-state index contributed by atoms with van der Waals surface area (Å²) in [7, 11) is -3.17. The van der Waals surface area contributed by atoms with Gasteiger partial charge in [-0.1, -0.05) is 6.07 Å². The van der Waals surface area contributed by atoms with E-state index in [0.717, 1.165) is 4.90 Å². The van der Waals surface area contributed by atoms with Crippen LogP contribution >= 0.6 is 0 Å². The van der Waals surface area contributed by atoms with Crippen LogP contribution in [0.3, 0.4) is 0 Å². The van der Waals surface area contributed by atoms with Gasteiger partial charge in [0.1, 0.15) is 12.1 Å². The molecule has 3 heterocycles. The summed E-state index contributed by atoms with van der Waals surface area (Å²) in [5.74, 6) is -0.0528.